The summed E-state index contributed by atoms with van der Waals surface area (Å²) in [5.74, 6) is 1.72. The van der Waals surface area contributed by atoms with Crippen molar-refractivity contribution in [1.82, 2.24) is 0 Å². The van der Waals surface area contributed by atoms with Gasteiger partial charge in [-0.15, -0.1) is 0 Å². The number of rotatable bonds is 8. The van der Waals surface area contributed by atoms with E-state index in [9.17, 15) is 4.79 Å². The maximum Gasteiger partial charge on any atom is 0.262 e. The number of nitrogens with one attached hydrogen (secondary N) is 1. The molecule has 0 saturated carbocycles. The van der Waals surface area contributed by atoms with Crippen molar-refractivity contribution in [3.05, 3.63) is 48.0 Å². The zero-order valence-electron chi connectivity index (χ0n) is 14.3. The van der Waals surface area contributed by atoms with Crippen molar-refractivity contribution in [2.45, 2.75) is 20.8 Å². The lowest BCUT2D eigenvalue weighted by Gasteiger charge is -2.14. The Bertz CT molecular complexity index is 685. The third-order valence-corrected chi connectivity index (χ3v) is 3.29. The molecule has 24 heavy (non-hydrogen) atoms. The van der Waals surface area contributed by atoms with Gasteiger partial charge in [0, 0.05) is 6.07 Å². The van der Waals surface area contributed by atoms with E-state index in [1.165, 1.54) is 0 Å². The lowest BCUT2D eigenvalue weighted by atomic mass is 10.2. The number of carbonyl (C=O) groups is 1. The largest absolute Gasteiger partial charge is 0.494 e. The van der Waals surface area contributed by atoms with Crippen molar-refractivity contribution >= 4 is 11.6 Å². The zero-order valence-corrected chi connectivity index (χ0v) is 14.3. The number of aryl methyl sites for hydroxylation is 1. The van der Waals surface area contributed by atoms with Crippen LogP contribution < -0.4 is 19.5 Å². The Balaban J connectivity index is 2.04. The standard InChI is InChI=1S/C19H23NO4/c1-4-22-15-10-11-18(23-5-2)16(12-15)20-19(21)13-24-17-9-7-6-8-14(17)3/h6-12H,4-5,13H2,1-3H3,(H,20,21). The number of anilines is 1. The Kier molecular flexibility index (Phi) is 6.49. The molecule has 0 fully saturated rings. The lowest BCUT2D eigenvalue weighted by Crippen LogP contribution is -2.21. The summed E-state index contributed by atoms with van der Waals surface area (Å²) in [6.07, 6.45) is 0. The van der Waals surface area contributed by atoms with E-state index in [1.54, 1.807) is 12.1 Å². The molecule has 5 heteroatoms. The van der Waals surface area contributed by atoms with Crippen LogP contribution in [0.1, 0.15) is 19.4 Å². The molecule has 2 aromatic rings. The molecule has 0 heterocycles. The van der Waals surface area contributed by atoms with E-state index in [-0.39, 0.29) is 12.5 Å². The van der Waals surface area contributed by atoms with Crippen molar-refractivity contribution in [1.29, 1.82) is 0 Å². The molecule has 0 unspecified atom stereocenters. The van der Waals surface area contributed by atoms with E-state index >= 15 is 0 Å². The minimum atomic E-state index is -0.257. The van der Waals surface area contributed by atoms with Crippen LogP contribution in [0.5, 0.6) is 17.2 Å². The summed E-state index contributed by atoms with van der Waals surface area (Å²) >= 11 is 0. The summed E-state index contributed by atoms with van der Waals surface area (Å²) in [7, 11) is 0. The van der Waals surface area contributed by atoms with Crippen LogP contribution in [0.2, 0.25) is 0 Å². The molecule has 5 nitrogen and oxygen atoms in total. The van der Waals surface area contributed by atoms with Crippen LogP contribution in [-0.4, -0.2) is 25.7 Å². The van der Waals surface area contributed by atoms with Crippen molar-refractivity contribution < 1.29 is 19.0 Å². The second kappa shape index (κ2) is 8.82. The molecule has 0 atom stereocenters. The Hall–Kier alpha value is -2.69. The number of para-hydroxylation sites is 1. The van der Waals surface area contributed by atoms with Crippen LogP contribution in [0.3, 0.4) is 0 Å². The molecule has 2 aromatic carbocycles. The Morgan fingerprint density at radius 1 is 0.958 bits per heavy atom. The van der Waals surface area contributed by atoms with E-state index in [0.717, 1.165) is 5.56 Å². The van der Waals surface area contributed by atoms with Gasteiger partial charge in [0.25, 0.3) is 5.91 Å². The molecular weight excluding hydrogens is 306 g/mol. The summed E-state index contributed by atoms with van der Waals surface area (Å²) in [5.41, 5.74) is 1.56. The topological polar surface area (TPSA) is 56.8 Å². The highest BCUT2D eigenvalue weighted by Crippen LogP contribution is 2.29. The summed E-state index contributed by atoms with van der Waals surface area (Å²) < 4.78 is 16.6. The minimum absolute atomic E-state index is 0.0741. The molecule has 0 aromatic heterocycles. The average Bonchev–Trinajstić information content (AvgIpc) is 2.57. The fourth-order valence-electron chi connectivity index (χ4n) is 2.19. The number of carbonyl (C=O) groups excluding carboxylic acids is 1. The molecule has 2 rings (SSSR count). The summed E-state index contributed by atoms with van der Waals surface area (Å²) in [5, 5.41) is 2.81. The fourth-order valence-corrected chi connectivity index (χ4v) is 2.19. The van der Waals surface area contributed by atoms with Crippen LogP contribution in [0, 0.1) is 6.92 Å². The SMILES string of the molecule is CCOc1ccc(OCC)c(NC(=O)COc2ccccc2C)c1. The monoisotopic (exact) mass is 329 g/mol. The van der Waals surface area contributed by atoms with Gasteiger partial charge in [-0.1, -0.05) is 18.2 Å². The van der Waals surface area contributed by atoms with Gasteiger partial charge in [-0.05, 0) is 44.5 Å². The van der Waals surface area contributed by atoms with Gasteiger partial charge in [-0.25, -0.2) is 0 Å². The van der Waals surface area contributed by atoms with Crippen LogP contribution in [-0.2, 0) is 4.79 Å². The first-order valence-electron chi connectivity index (χ1n) is 8.02. The first-order valence-corrected chi connectivity index (χ1v) is 8.02. The maximum atomic E-state index is 12.2. The second-order valence-electron chi connectivity index (χ2n) is 5.13. The Morgan fingerprint density at radius 3 is 2.42 bits per heavy atom. The van der Waals surface area contributed by atoms with E-state index in [4.69, 9.17) is 14.2 Å². The number of ether oxygens (including phenoxy) is 3. The van der Waals surface area contributed by atoms with Crippen LogP contribution in [0.4, 0.5) is 5.69 Å². The van der Waals surface area contributed by atoms with E-state index in [1.807, 2.05) is 51.1 Å². The highest BCUT2D eigenvalue weighted by atomic mass is 16.5. The molecule has 1 amide bonds. The summed E-state index contributed by atoms with van der Waals surface area (Å²) in [6.45, 7) is 6.73. The lowest BCUT2D eigenvalue weighted by molar-refractivity contribution is -0.118. The van der Waals surface area contributed by atoms with Crippen LogP contribution in [0.15, 0.2) is 42.5 Å². The van der Waals surface area contributed by atoms with Gasteiger partial charge in [0.05, 0.1) is 18.9 Å². The maximum absolute atomic E-state index is 12.2. The van der Waals surface area contributed by atoms with Crippen molar-refractivity contribution in [3.63, 3.8) is 0 Å². The Labute approximate surface area is 142 Å². The molecule has 0 radical (unpaired) electrons. The predicted octanol–water partition coefficient (Wildman–Crippen LogP) is 3.81. The molecular formula is C19H23NO4. The minimum Gasteiger partial charge on any atom is -0.494 e. The van der Waals surface area contributed by atoms with Gasteiger partial charge in [-0.3, -0.25) is 4.79 Å². The fraction of sp³-hybridized carbons (Fsp3) is 0.316. The third-order valence-electron chi connectivity index (χ3n) is 3.29. The van der Waals surface area contributed by atoms with Gasteiger partial charge in [-0.2, -0.15) is 0 Å². The van der Waals surface area contributed by atoms with Crippen LogP contribution in [0.25, 0.3) is 0 Å². The quantitative estimate of drug-likeness (QED) is 0.800. The van der Waals surface area contributed by atoms with Crippen molar-refractivity contribution in [3.8, 4) is 17.2 Å². The third kappa shape index (κ3) is 4.91. The van der Waals surface area contributed by atoms with Crippen molar-refractivity contribution in [2.24, 2.45) is 0 Å². The van der Waals surface area contributed by atoms with Crippen LogP contribution >= 0.6 is 0 Å². The molecule has 0 bridgehead atoms. The van der Waals surface area contributed by atoms with Gasteiger partial charge in [0.1, 0.15) is 17.2 Å². The number of amides is 1. The van der Waals surface area contributed by atoms with Gasteiger partial charge in [0.2, 0.25) is 0 Å². The van der Waals surface area contributed by atoms with Gasteiger partial charge >= 0.3 is 0 Å². The molecule has 1 N–H and O–H groups in total. The molecule has 0 aliphatic carbocycles. The molecule has 0 saturated heterocycles. The number of benzene rings is 2. The number of hydrogen-bond acceptors (Lipinski definition) is 4. The van der Waals surface area contributed by atoms with E-state index < -0.39 is 0 Å². The van der Waals surface area contributed by atoms with Gasteiger partial charge < -0.3 is 19.5 Å². The second-order valence-corrected chi connectivity index (χ2v) is 5.13. The smallest absolute Gasteiger partial charge is 0.262 e. The molecule has 0 aliphatic rings. The number of hydrogen-bond donors (Lipinski definition) is 1. The average molecular weight is 329 g/mol. The van der Waals surface area contributed by atoms with E-state index in [2.05, 4.69) is 5.32 Å². The normalized spacial score (nSPS) is 10.1. The zero-order chi connectivity index (χ0) is 17.4. The first kappa shape index (κ1) is 17.7. The summed E-state index contributed by atoms with van der Waals surface area (Å²) in [6, 6.07) is 12.9. The van der Waals surface area contributed by atoms with E-state index in [0.29, 0.717) is 36.1 Å². The summed E-state index contributed by atoms with van der Waals surface area (Å²) in [4.78, 5) is 12.2. The highest BCUT2D eigenvalue weighted by Gasteiger charge is 2.11. The highest BCUT2D eigenvalue weighted by molar-refractivity contribution is 5.93. The molecule has 0 spiro atoms. The molecule has 0 aliphatic heterocycles. The Morgan fingerprint density at radius 2 is 1.71 bits per heavy atom. The van der Waals surface area contributed by atoms with Crippen molar-refractivity contribution in [2.75, 3.05) is 25.1 Å². The molecule has 128 valence electrons. The first-order chi connectivity index (χ1) is 11.6. The predicted molar refractivity (Wildman–Crippen MR) is 94.1 cm³/mol. The van der Waals surface area contributed by atoms with Gasteiger partial charge in [0.15, 0.2) is 6.61 Å².